The number of piperidine rings is 1. The summed E-state index contributed by atoms with van der Waals surface area (Å²) in [6.45, 7) is 4.31. The van der Waals surface area contributed by atoms with E-state index in [9.17, 15) is 14.0 Å². The van der Waals surface area contributed by atoms with E-state index in [4.69, 9.17) is 0 Å². The average Bonchev–Trinajstić information content (AvgIpc) is 2.66. The predicted molar refractivity (Wildman–Crippen MR) is 101 cm³/mol. The van der Waals surface area contributed by atoms with E-state index in [0.717, 1.165) is 38.6 Å². The molecule has 1 heterocycles. The summed E-state index contributed by atoms with van der Waals surface area (Å²) >= 11 is 0. The van der Waals surface area contributed by atoms with Gasteiger partial charge in [-0.05, 0) is 55.9 Å². The fourth-order valence-corrected chi connectivity index (χ4v) is 3.26. The van der Waals surface area contributed by atoms with E-state index in [1.54, 1.807) is 17.0 Å². The lowest BCUT2D eigenvalue weighted by Gasteiger charge is -2.33. The lowest BCUT2D eigenvalue weighted by atomic mass is 9.93. The third kappa shape index (κ3) is 6.32. The number of anilines is 1. The molecule has 3 amide bonds. The number of urea groups is 1. The van der Waals surface area contributed by atoms with Crippen LogP contribution in [0, 0.1) is 11.7 Å². The van der Waals surface area contributed by atoms with E-state index in [-0.39, 0.29) is 17.8 Å². The van der Waals surface area contributed by atoms with Crippen LogP contribution in [0.5, 0.6) is 0 Å². The zero-order valence-corrected chi connectivity index (χ0v) is 15.8. The molecule has 1 aliphatic heterocycles. The monoisotopic (exact) mass is 363 g/mol. The minimum Gasteiger partial charge on any atom is -0.346 e. The average molecular weight is 363 g/mol. The predicted octanol–water partition coefficient (Wildman–Crippen LogP) is 4.11. The van der Waals surface area contributed by atoms with E-state index < -0.39 is 0 Å². The summed E-state index contributed by atoms with van der Waals surface area (Å²) in [5.41, 5.74) is 0.589. The maximum atomic E-state index is 13.0. The molecule has 0 bridgehead atoms. The summed E-state index contributed by atoms with van der Waals surface area (Å²) in [6.07, 6.45) is 5.46. The van der Waals surface area contributed by atoms with Gasteiger partial charge >= 0.3 is 6.03 Å². The Balaban J connectivity index is 1.78. The number of hydrogen-bond donors (Lipinski definition) is 1. The van der Waals surface area contributed by atoms with Crippen molar-refractivity contribution in [1.82, 2.24) is 9.80 Å². The van der Waals surface area contributed by atoms with Gasteiger partial charge in [-0.25, -0.2) is 9.18 Å². The van der Waals surface area contributed by atoms with Gasteiger partial charge in [0.05, 0.1) is 0 Å². The van der Waals surface area contributed by atoms with Crippen molar-refractivity contribution >= 4 is 17.6 Å². The van der Waals surface area contributed by atoms with E-state index in [2.05, 4.69) is 12.2 Å². The minimum absolute atomic E-state index is 0.160. The van der Waals surface area contributed by atoms with Crippen LogP contribution in [0.1, 0.15) is 45.4 Å². The van der Waals surface area contributed by atoms with Crippen molar-refractivity contribution in [3.8, 4) is 0 Å². The molecule has 1 atom stereocenters. The molecule has 2 rings (SSSR count). The van der Waals surface area contributed by atoms with Crippen LogP contribution in [0.4, 0.5) is 14.9 Å². The van der Waals surface area contributed by atoms with Crippen molar-refractivity contribution in [3.63, 3.8) is 0 Å². The first-order valence-corrected chi connectivity index (χ1v) is 9.55. The van der Waals surface area contributed by atoms with Crippen molar-refractivity contribution in [2.24, 2.45) is 5.92 Å². The number of amides is 3. The van der Waals surface area contributed by atoms with E-state index in [0.29, 0.717) is 31.1 Å². The Kier molecular flexibility index (Phi) is 7.88. The highest BCUT2D eigenvalue weighted by molar-refractivity contribution is 5.89. The zero-order valence-electron chi connectivity index (χ0n) is 15.8. The molecule has 1 aliphatic rings. The van der Waals surface area contributed by atoms with Crippen LogP contribution >= 0.6 is 0 Å². The van der Waals surface area contributed by atoms with Crippen LogP contribution in [-0.2, 0) is 4.79 Å². The number of halogens is 1. The summed E-state index contributed by atoms with van der Waals surface area (Å²) in [5.74, 6) is 0.215. The van der Waals surface area contributed by atoms with E-state index in [1.165, 1.54) is 12.1 Å². The second-order valence-electron chi connectivity index (χ2n) is 7.10. The van der Waals surface area contributed by atoms with Crippen LogP contribution in [0.25, 0.3) is 0 Å². The maximum Gasteiger partial charge on any atom is 0.321 e. The summed E-state index contributed by atoms with van der Waals surface area (Å²) in [7, 11) is 1.86. The number of carbonyl (C=O) groups excluding carboxylic acids is 2. The Morgan fingerprint density at radius 1 is 1.31 bits per heavy atom. The molecule has 0 radical (unpaired) electrons. The number of nitrogens with zero attached hydrogens (tertiary/aromatic N) is 2. The summed E-state index contributed by atoms with van der Waals surface area (Å²) < 4.78 is 13.0. The molecule has 5 nitrogen and oxygen atoms in total. The second-order valence-corrected chi connectivity index (χ2v) is 7.10. The lowest BCUT2D eigenvalue weighted by molar-refractivity contribution is -0.130. The molecular weight excluding hydrogens is 333 g/mol. The Morgan fingerprint density at radius 3 is 2.73 bits per heavy atom. The molecule has 1 saturated heterocycles. The molecule has 1 aromatic rings. The van der Waals surface area contributed by atoms with Crippen LogP contribution in [0.15, 0.2) is 24.3 Å². The first-order chi connectivity index (χ1) is 12.5. The smallest absolute Gasteiger partial charge is 0.321 e. The van der Waals surface area contributed by atoms with Gasteiger partial charge < -0.3 is 15.1 Å². The fourth-order valence-electron chi connectivity index (χ4n) is 3.26. The molecule has 0 aliphatic carbocycles. The number of rotatable bonds is 7. The summed E-state index contributed by atoms with van der Waals surface area (Å²) in [4.78, 5) is 28.2. The van der Waals surface area contributed by atoms with Crippen molar-refractivity contribution in [2.75, 3.05) is 32.0 Å². The standard InChI is InChI=1S/C20H30FN3O2/c1-3-4-13-23(2)19(25)12-7-16-6-5-14-24(15-16)20(26)22-18-10-8-17(21)9-11-18/h8-11,16H,3-7,12-15H2,1-2H3,(H,22,26)/t16-/m1/s1. The molecule has 1 aromatic carbocycles. The zero-order chi connectivity index (χ0) is 18.9. The fraction of sp³-hybridized carbons (Fsp3) is 0.600. The minimum atomic E-state index is -0.324. The Labute approximate surface area is 155 Å². The first kappa shape index (κ1) is 20.2. The number of unbranched alkanes of at least 4 members (excludes halogenated alkanes) is 1. The van der Waals surface area contributed by atoms with Gasteiger partial charge in [0.1, 0.15) is 5.82 Å². The van der Waals surface area contributed by atoms with Gasteiger partial charge in [-0.3, -0.25) is 4.79 Å². The Morgan fingerprint density at radius 2 is 2.04 bits per heavy atom. The summed E-state index contributed by atoms with van der Waals surface area (Å²) in [6, 6.07) is 5.61. The topological polar surface area (TPSA) is 52.7 Å². The van der Waals surface area contributed by atoms with Crippen LogP contribution in [-0.4, -0.2) is 48.4 Å². The third-order valence-corrected chi connectivity index (χ3v) is 4.94. The van der Waals surface area contributed by atoms with Gasteiger partial charge in [-0.1, -0.05) is 13.3 Å². The number of nitrogens with one attached hydrogen (secondary N) is 1. The molecule has 26 heavy (non-hydrogen) atoms. The molecule has 0 saturated carbocycles. The van der Waals surface area contributed by atoms with Gasteiger partial charge in [0.25, 0.3) is 0 Å². The van der Waals surface area contributed by atoms with Gasteiger partial charge in [-0.15, -0.1) is 0 Å². The van der Waals surface area contributed by atoms with Gasteiger partial charge in [-0.2, -0.15) is 0 Å². The molecule has 1 N–H and O–H groups in total. The number of hydrogen-bond acceptors (Lipinski definition) is 2. The second kappa shape index (κ2) is 10.1. The highest BCUT2D eigenvalue weighted by atomic mass is 19.1. The maximum absolute atomic E-state index is 13.0. The molecular formula is C20H30FN3O2. The highest BCUT2D eigenvalue weighted by Gasteiger charge is 2.24. The van der Waals surface area contributed by atoms with Gasteiger partial charge in [0, 0.05) is 38.8 Å². The molecule has 0 spiro atoms. The number of benzene rings is 1. The summed E-state index contributed by atoms with van der Waals surface area (Å²) in [5, 5.41) is 2.81. The Bertz CT molecular complexity index is 591. The highest BCUT2D eigenvalue weighted by Crippen LogP contribution is 2.22. The molecule has 0 aromatic heterocycles. The molecule has 0 unspecified atom stereocenters. The van der Waals surface area contributed by atoms with Crippen molar-refractivity contribution in [1.29, 1.82) is 0 Å². The van der Waals surface area contributed by atoms with Gasteiger partial charge in [0.15, 0.2) is 0 Å². The molecule has 144 valence electrons. The van der Waals surface area contributed by atoms with Crippen LogP contribution in [0.2, 0.25) is 0 Å². The number of likely N-dealkylation sites (tertiary alicyclic amines) is 1. The van der Waals surface area contributed by atoms with Crippen molar-refractivity contribution in [3.05, 3.63) is 30.1 Å². The lowest BCUT2D eigenvalue weighted by Crippen LogP contribution is -2.42. The van der Waals surface area contributed by atoms with Crippen LogP contribution in [0.3, 0.4) is 0 Å². The van der Waals surface area contributed by atoms with E-state index >= 15 is 0 Å². The normalized spacial score (nSPS) is 17.0. The van der Waals surface area contributed by atoms with Gasteiger partial charge in [0.2, 0.25) is 5.91 Å². The van der Waals surface area contributed by atoms with Crippen molar-refractivity contribution < 1.29 is 14.0 Å². The number of carbonyl (C=O) groups is 2. The van der Waals surface area contributed by atoms with Crippen LogP contribution < -0.4 is 5.32 Å². The molecule has 6 heteroatoms. The van der Waals surface area contributed by atoms with Crippen molar-refractivity contribution in [2.45, 2.75) is 45.4 Å². The van der Waals surface area contributed by atoms with E-state index in [1.807, 2.05) is 11.9 Å². The third-order valence-electron chi connectivity index (χ3n) is 4.94. The molecule has 1 fully saturated rings. The largest absolute Gasteiger partial charge is 0.346 e. The quantitative estimate of drug-likeness (QED) is 0.793. The first-order valence-electron chi connectivity index (χ1n) is 9.55. The SMILES string of the molecule is CCCCN(C)C(=O)CC[C@H]1CCCN(C(=O)Nc2ccc(F)cc2)C1. The Hall–Kier alpha value is -2.11.